The Morgan fingerprint density at radius 3 is 2.66 bits per heavy atom. The van der Waals surface area contributed by atoms with Crippen molar-refractivity contribution in [2.75, 3.05) is 5.73 Å². The Labute approximate surface area is 237 Å². The molecule has 0 bridgehead atoms. The Hall–Kier alpha value is -4.09. The second kappa shape index (κ2) is 11.4. The molecule has 2 aromatic carbocycles. The minimum absolute atomic E-state index is 0.0664. The number of anilines is 1. The molecule has 0 fully saturated rings. The molecule has 214 valence electrons. The molecular formula is C29H26ClF3N4O4. The van der Waals surface area contributed by atoms with Crippen LogP contribution in [-0.4, -0.2) is 33.3 Å². The molecule has 41 heavy (non-hydrogen) atoms. The summed E-state index contributed by atoms with van der Waals surface area (Å²) in [6.45, 7) is 0. The van der Waals surface area contributed by atoms with Crippen LogP contribution in [0, 0.1) is 5.92 Å². The van der Waals surface area contributed by atoms with Crippen LogP contribution in [0.25, 0.3) is 27.7 Å². The van der Waals surface area contributed by atoms with Gasteiger partial charge in [0.2, 0.25) is 17.9 Å². The number of allylic oxidation sites excluding steroid dienone is 2. The molecule has 4 aromatic rings. The van der Waals surface area contributed by atoms with Crippen LogP contribution < -0.4 is 16.2 Å². The Morgan fingerprint density at radius 2 is 1.95 bits per heavy atom. The van der Waals surface area contributed by atoms with Crippen molar-refractivity contribution in [2.24, 2.45) is 11.7 Å². The zero-order valence-electron chi connectivity index (χ0n) is 21.6. The highest BCUT2D eigenvalue weighted by atomic mass is 35.5. The summed E-state index contributed by atoms with van der Waals surface area (Å²) in [5.41, 5.74) is 13.6. The molecule has 0 saturated carbocycles. The zero-order valence-corrected chi connectivity index (χ0v) is 22.3. The Balaban J connectivity index is 1.47. The molecule has 8 nitrogen and oxygen atoms in total. The summed E-state index contributed by atoms with van der Waals surface area (Å²) in [7, 11) is 0. The highest BCUT2D eigenvalue weighted by Crippen LogP contribution is 2.44. The van der Waals surface area contributed by atoms with E-state index >= 15 is 0 Å². The summed E-state index contributed by atoms with van der Waals surface area (Å²) < 4.78 is 54.8. The van der Waals surface area contributed by atoms with Crippen LogP contribution in [0.2, 0.25) is 5.02 Å². The Bertz CT molecular complexity index is 1620. The van der Waals surface area contributed by atoms with Gasteiger partial charge < -0.3 is 25.7 Å². The first-order valence-corrected chi connectivity index (χ1v) is 13.2. The van der Waals surface area contributed by atoms with Gasteiger partial charge in [-0.1, -0.05) is 41.9 Å². The van der Waals surface area contributed by atoms with Crippen molar-refractivity contribution in [2.45, 2.75) is 44.0 Å². The number of nitrogens with two attached hydrogens (primary N) is 2. The molecule has 2 heterocycles. The van der Waals surface area contributed by atoms with Crippen molar-refractivity contribution in [3.8, 4) is 17.0 Å². The predicted octanol–water partition coefficient (Wildman–Crippen LogP) is 6.79. The fourth-order valence-corrected chi connectivity index (χ4v) is 5.24. The normalized spacial score (nSPS) is 17.2. The number of carboxylic acids is 1. The second-order valence-electron chi connectivity index (χ2n) is 9.92. The topological polar surface area (TPSA) is 137 Å². The lowest BCUT2D eigenvalue weighted by atomic mass is 9.84. The molecule has 1 unspecified atom stereocenters. The van der Waals surface area contributed by atoms with Crippen LogP contribution in [0.5, 0.6) is 5.88 Å². The summed E-state index contributed by atoms with van der Waals surface area (Å²) in [5.74, 6) is -1.58. The number of halogens is 4. The van der Waals surface area contributed by atoms with Crippen molar-refractivity contribution in [1.82, 2.24) is 9.97 Å². The van der Waals surface area contributed by atoms with E-state index in [0.29, 0.717) is 47.9 Å². The number of hydrogen-bond acceptors (Lipinski definition) is 7. The molecule has 1 aliphatic rings. The van der Waals surface area contributed by atoms with Gasteiger partial charge in [0, 0.05) is 27.6 Å². The van der Waals surface area contributed by atoms with E-state index in [1.807, 2.05) is 6.08 Å². The molecule has 2 aromatic heterocycles. The Morgan fingerprint density at radius 1 is 1.17 bits per heavy atom. The van der Waals surface area contributed by atoms with Crippen molar-refractivity contribution in [3.63, 3.8) is 0 Å². The van der Waals surface area contributed by atoms with E-state index in [4.69, 9.17) is 37.3 Å². The standard InChI is InChI=1S/C29H26ClF3N4O4/c30-17-9-10-19(20(12-17)21-14-40-24-4-2-1-3-18(21)24)26(29(31,32)33)41-25-13-23(36-28(35)37-25)16-7-5-15(6-8-16)11-22(34)27(38)39/h1-4,7,9-10,12-15,22,26H,5-6,8,11,34H2,(H,38,39)(H2,35,36,37)/t15?,22-,26+/m0/s1. The monoisotopic (exact) mass is 586 g/mol. The number of ether oxygens (including phenoxy) is 1. The molecule has 0 amide bonds. The summed E-state index contributed by atoms with van der Waals surface area (Å²) in [6.07, 6.45) is -1.95. The van der Waals surface area contributed by atoms with Crippen molar-refractivity contribution >= 4 is 40.1 Å². The number of furan rings is 1. The molecule has 3 atom stereocenters. The van der Waals surface area contributed by atoms with E-state index in [1.54, 1.807) is 24.3 Å². The van der Waals surface area contributed by atoms with Crippen molar-refractivity contribution in [1.29, 1.82) is 0 Å². The number of benzene rings is 2. The van der Waals surface area contributed by atoms with Crippen LogP contribution in [0.3, 0.4) is 0 Å². The molecule has 0 saturated heterocycles. The molecule has 5 N–H and O–H groups in total. The van der Waals surface area contributed by atoms with E-state index in [-0.39, 0.29) is 33.9 Å². The Kier molecular flexibility index (Phi) is 7.92. The number of para-hydroxylation sites is 1. The first-order valence-electron chi connectivity index (χ1n) is 12.8. The maximum absolute atomic E-state index is 14.6. The van der Waals surface area contributed by atoms with Gasteiger partial charge >= 0.3 is 12.1 Å². The highest BCUT2D eigenvalue weighted by molar-refractivity contribution is 6.31. The van der Waals surface area contributed by atoms with E-state index in [9.17, 15) is 18.0 Å². The number of fused-ring (bicyclic) bond motifs is 1. The van der Waals surface area contributed by atoms with E-state index < -0.39 is 24.3 Å². The van der Waals surface area contributed by atoms with Gasteiger partial charge in [-0.15, -0.1) is 0 Å². The highest BCUT2D eigenvalue weighted by Gasteiger charge is 2.45. The number of carbonyl (C=O) groups is 1. The van der Waals surface area contributed by atoms with Crippen molar-refractivity contribution < 1.29 is 32.2 Å². The van der Waals surface area contributed by atoms with Crippen LogP contribution in [0.4, 0.5) is 19.1 Å². The molecule has 0 aliphatic heterocycles. The molecule has 0 radical (unpaired) electrons. The third-order valence-corrected chi connectivity index (χ3v) is 7.31. The third-order valence-electron chi connectivity index (χ3n) is 7.08. The average molecular weight is 587 g/mol. The molecule has 12 heteroatoms. The first kappa shape index (κ1) is 28.4. The minimum atomic E-state index is -4.83. The van der Waals surface area contributed by atoms with E-state index in [0.717, 1.165) is 5.57 Å². The van der Waals surface area contributed by atoms with Gasteiger partial charge in [-0.25, -0.2) is 4.98 Å². The van der Waals surface area contributed by atoms with Crippen LogP contribution in [-0.2, 0) is 4.79 Å². The molecular weight excluding hydrogens is 561 g/mol. The van der Waals surface area contributed by atoms with Gasteiger partial charge in [0.15, 0.2) is 0 Å². The van der Waals surface area contributed by atoms with Gasteiger partial charge in [0.05, 0.1) is 12.0 Å². The number of nitrogen functional groups attached to an aromatic ring is 1. The van der Waals surface area contributed by atoms with Crippen molar-refractivity contribution in [3.05, 3.63) is 77.2 Å². The molecule has 5 rings (SSSR count). The number of carboxylic acid groups (broad SMARTS) is 1. The fourth-order valence-electron chi connectivity index (χ4n) is 5.07. The zero-order chi connectivity index (χ0) is 29.3. The largest absolute Gasteiger partial charge is 0.480 e. The SMILES string of the molecule is Nc1nc(O[C@H](c2ccc(Cl)cc2-c2coc3ccccc23)C(F)(F)F)cc(C2=CCC(C[C@H](N)C(=O)O)CC2)n1. The number of hydrogen-bond donors (Lipinski definition) is 3. The van der Waals surface area contributed by atoms with Gasteiger partial charge in [0.1, 0.15) is 11.6 Å². The predicted molar refractivity (Wildman–Crippen MR) is 148 cm³/mol. The third kappa shape index (κ3) is 6.31. The van der Waals surface area contributed by atoms with Crippen LogP contribution in [0.1, 0.15) is 43.0 Å². The lowest BCUT2D eigenvalue weighted by Gasteiger charge is -2.25. The smallest absolute Gasteiger partial charge is 0.429 e. The first-order chi connectivity index (χ1) is 19.5. The molecule has 1 aliphatic carbocycles. The van der Waals surface area contributed by atoms with Gasteiger partial charge in [-0.2, -0.15) is 18.2 Å². The van der Waals surface area contributed by atoms with Gasteiger partial charge in [-0.3, -0.25) is 4.79 Å². The van der Waals surface area contributed by atoms with Crippen LogP contribution >= 0.6 is 11.6 Å². The number of aliphatic carboxylic acids is 1. The number of alkyl halides is 3. The number of nitrogens with zero attached hydrogens (tertiary/aromatic N) is 2. The maximum atomic E-state index is 14.6. The second-order valence-corrected chi connectivity index (χ2v) is 10.4. The van der Waals surface area contributed by atoms with Gasteiger partial charge in [-0.05, 0) is 60.9 Å². The van der Waals surface area contributed by atoms with E-state index in [1.165, 1.54) is 30.5 Å². The quantitative estimate of drug-likeness (QED) is 0.205. The summed E-state index contributed by atoms with van der Waals surface area (Å²) in [6, 6.07) is 11.4. The maximum Gasteiger partial charge on any atom is 0.429 e. The lowest BCUT2D eigenvalue weighted by Crippen LogP contribution is -2.32. The number of rotatable bonds is 8. The number of aromatic nitrogens is 2. The molecule has 0 spiro atoms. The van der Waals surface area contributed by atoms with Crippen LogP contribution in [0.15, 0.2) is 65.3 Å². The van der Waals surface area contributed by atoms with E-state index in [2.05, 4.69) is 9.97 Å². The summed E-state index contributed by atoms with van der Waals surface area (Å²) in [4.78, 5) is 19.2. The lowest BCUT2D eigenvalue weighted by molar-refractivity contribution is -0.198. The summed E-state index contributed by atoms with van der Waals surface area (Å²) >= 11 is 6.21. The van der Waals surface area contributed by atoms with Gasteiger partial charge in [0.25, 0.3) is 0 Å². The average Bonchev–Trinajstić information content (AvgIpc) is 3.35. The summed E-state index contributed by atoms with van der Waals surface area (Å²) in [5, 5.41) is 9.94. The fraction of sp³-hybridized carbons (Fsp3) is 0.276. The minimum Gasteiger partial charge on any atom is -0.480 e.